The van der Waals surface area contributed by atoms with Gasteiger partial charge in [-0.25, -0.2) is 0 Å². The third-order valence-electron chi connectivity index (χ3n) is 7.04. The Morgan fingerprint density at radius 3 is 2.12 bits per heavy atom. The summed E-state index contributed by atoms with van der Waals surface area (Å²) >= 11 is 0. The van der Waals surface area contributed by atoms with E-state index in [0.717, 1.165) is 30.0 Å². The molecule has 4 aliphatic rings. The molecule has 4 fully saturated rings. The lowest BCUT2D eigenvalue weighted by atomic mass is 9.49. The maximum Gasteiger partial charge on any atom is 0.282 e. The molecule has 4 bridgehead atoms. The van der Waals surface area contributed by atoms with Crippen LogP contribution in [0.25, 0.3) is 0 Å². The first-order valence-electron chi connectivity index (χ1n) is 10.2. The fraction of sp³-hybridized carbons (Fsp3) is 0.636. The Kier molecular flexibility index (Phi) is 4.64. The Bertz CT molecular complexity index is 659. The van der Waals surface area contributed by atoms with Crippen LogP contribution in [0.15, 0.2) is 24.3 Å². The average molecular weight is 356 g/mol. The van der Waals surface area contributed by atoms with Crippen molar-refractivity contribution in [1.29, 1.82) is 0 Å². The van der Waals surface area contributed by atoms with E-state index in [1.807, 2.05) is 6.92 Å². The van der Waals surface area contributed by atoms with Crippen LogP contribution in [0, 0.1) is 23.2 Å². The van der Waals surface area contributed by atoms with Gasteiger partial charge in [0.15, 0.2) is 11.8 Å². The zero-order valence-electron chi connectivity index (χ0n) is 16.0. The predicted octanol–water partition coefficient (Wildman–Crippen LogP) is 3.00. The van der Waals surface area contributed by atoms with Crippen molar-refractivity contribution in [3.8, 4) is 0 Å². The molecule has 1 aromatic carbocycles. The number of quaternary nitrogens is 1. The Labute approximate surface area is 156 Å². The van der Waals surface area contributed by atoms with Gasteiger partial charge in [-0.2, -0.15) is 0 Å². The van der Waals surface area contributed by atoms with Crippen molar-refractivity contribution >= 4 is 17.4 Å². The second-order valence-corrected chi connectivity index (χ2v) is 9.27. The van der Waals surface area contributed by atoms with Crippen molar-refractivity contribution in [3.05, 3.63) is 29.8 Å². The number of benzene rings is 1. The first-order valence-corrected chi connectivity index (χ1v) is 10.2. The van der Waals surface area contributed by atoms with Crippen molar-refractivity contribution in [2.75, 3.05) is 11.9 Å². The van der Waals surface area contributed by atoms with Crippen LogP contribution in [0.3, 0.4) is 0 Å². The summed E-state index contributed by atoms with van der Waals surface area (Å²) in [4.78, 5) is 23.9. The van der Waals surface area contributed by atoms with Gasteiger partial charge in [0, 0.05) is 16.7 Å². The van der Waals surface area contributed by atoms with Crippen LogP contribution in [0.4, 0.5) is 5.69 Å². The maximum atomic E-state index is 12.5. The molecular weight excluding hydrogens is 324 g/mol. The Morgan fingerprint density at radius 1 is 1.08 bits per heavy atom. The number of nitrogens with two attached hydrogens (primary N) is 1. The third kappa shape index (κ3) is 3.57. The lowest BCUT2D eigenvalue weighted by Gasteiger charge is -2.56. The van der Waals surface area contributed by atoms with Gasteiger partial charge >= 0.3 is 0 Å². The molecule has 4 saturated carbocycles. The van der Waals surface area contributed by atoms with E-state index in [4.69, 9.17) is 0 Å². The van der Waals surface area contributed by atoms with Gasteiger partial charge in [0.2, 0.25) is 0 Å². The number of hydrogen-bond acceptors (Lipinski definition) is 2. The minimum atomic E-state index is -0.0875. The summed E-state index contributed by atoms with van der Waals surface area (Å²) in [6.45, 7) is 4.64. The summed E-state index contributed by atoms with van der Waals surface area (Å²) in [5.74, 6) is 2.96. The van der Waals surface area contributed by atoms with Crippen LogP contribution < -0.4 is 10.6 Å². The van der Waals surface area contributed by atoms with Crippen LogP contribution in [0.2, 0.25) is 0 Å². The van der Waals surface area contributed by atoms with Gasteiger partial charge in [0.25, 0.3) is 5.91 Å². The molecule has 4 nitrogen and oxygen atoms in total. The number of carbonyl (C=O) groups excluding carboxylic acids is 2. The molecule has 4 heteroatoms. The number of hydrogen-bond donors (Lipinski definition) is 2. The minimum absolute atomic E-state index is 0.0418. The molecule has 4 aliphatic carbocycles. The smallest absolute Gasteiger partial charge is 0.282 e. The van der Waals surface area contributed by atoms with E-state index in [1.165, 1.54) is 38.5 Å². The van der Waals surface area contributed by atoms with Gasteiger partial charge in [0.1, 0.15) is 0 Å². The fourth-order valence-electron chi connectivity index (χ4n) is 6.12. The van der Waals surface area contributed by atoms with E-state index < -0.39 is 0 Å². The van der Waals surface area contributed by atoms with Crippen molar-refractivity contribution in [2.24, 2.45) is 23.2 Å². The lowest BCUT2D eigenvalue weighted by molar-refractivity contribution is -0.686. The topological polar surface area (TPSA) is 62.8 Å². The van der Waals surface area contributed by atoms with Crippen LogP contribution >= 0.6 is 0 Å². The van der Waals surface area contributed by atoms with E-state index in [2.05, 4.69) is 10.6 Å². The van der Waals surface area contributed by atoms with Crippen LogP contribution in [-0.4, -0.2) is 24.3 Å². The zero-order valence-corrected chi connectivity index (χ0v) is 16.0. The van der Waals surface area contributed by atoms with Gasteiger partial charge in [-0.05, 0) is 94.4 Å². The van der Waals surface area contributed by atoms with Gasteiger partial charge in [-0.3, -0.25) is 9.59 Å². The van der Waals surface area contributed by atoms with Crippen molar-refractivity contribution in [2.45, 2.75) is 58.4 Å². The number of anilines is 1. The van der Waals surface area contributed by atoms with Gasteiger partial charge in [-0.1, -0.05) is 0 Å². The molecule has 0 spiro atoms. The molecular formula is C22H31N2O2+. The summed E-state index contributed by atoms with van der Waals surface area (Å²) in [5.41, 5.74) is 1.92. The lowest BCUT2D eigenvalue weighted by Crippen LogP contribution is -2.94. The predicted molar refractivity (Wildman–Crippen MR) is 102 cm³/mol. The molecule has 1 atom stereocenters. The number of carbonyl (C=O) groups is 2. The molecule has 0 aromatic heterocycles. The standard InChI is InChI=1S/C22H30N2O2/c1-14(21(26)24-20-5-3-19(4-6-20)15(2)25)23-13-22-10-16-7-17(11-22)9-18(8-16)12-22/h3-6,14,16-18,23H,7-13H2,1-2H3,(H,24,26)/p+1/t14-,16?,17?,18?,22?/m1/s1. The van der Waals surface area contributed by atoms with E-state index in [1.54, 1.807) is 31.2 Å². The average Bonchev–Trinajstić information content (AvgIpc) is 2.59. The summed E-state index contributed by atoms with van der Waals surface area (Å²) in [6, 6.07) is 7.06. The highest BCUT2D eigenvalue weighted by Gasteiger charge is 2.51. The van der Waals surface area contributed by atoms with Crippen LogP contribution in [-0.2, 0) is 4.79 Å². The molecule has 0 saturated heterocycles. The van der Waals surface area contributed by atoms with Gasteiger partial charge < -0.3 is 10.6 Å². The first kappa shape index (κ1) is 17.7. The van der Waals surface area contributed by atoms with Crippen molar-refractivity contribution in [1.82, 2.24) is 0 Å². The SMILES string of the molecule is CC(=O)c1ccc(NC(=O)[C@@H](C)[NH2+]CC23CC4CC(CC(C4)C2)C3)cc1. The monoisotopic (exact) mass is 355 g/mol. The summed E-state index contributed by atoms with van der Waals surface area (Å²) in [6.07, 6.45) is 8.55. The fourth-order valence-corrected chi connectivity index (χ4v) is 6.12. The van der Waals surface area contributed by atoms with E-state index in [-0.39, 0.29) is 17.7 Å². The molecule has 0 aliphatic heterocycles. The molecule has 1 amide bonds. The quantitative estimate of drug-likeness (QED) is 0.771. The van der Waals surface area contributed by atoms with Crippen molar-refractivity contribution in [3.63, 3.8) is 0 Å². The molecule has 1 aromatic rings. The molecule has 3 N–H and O–H groups in total. The molecule has 0 heterocycles. The number of Topliss-reactive ketones (excluding diaryl/α,β-unsaturated/α-hetero) is 1. The van der Waals surface area contributed by atoms with Crippen LogP contribution in [0.1, 0.15) is 62.7 Å². The highest BCUT2D eigenvalue weighted by Crippen LogP contribution is 2.59. The Balaban J connectivity index is 1.31. The van der Waals surface area contributed by atoms with E-state index >= 15 is 0 Å². The van der Waals surface area contributed by atoms with Crippen molar-refractivity contribution < 1.29 is 14.9 Å². The molecule has 26 heavy (non-hydrogen) atoms. The third-order valence-corrected chi connectivity index (χ3v) is 7.04. The van der Waals surface area contributed by atoms with Crippen LogP contribution in [0.5, 0.6) is 0 Å². The largest absolute Gasteiger partial charge is 0.336 e. The molecule has 5 rings (SSSR count). The second-order valence-electron chi connectivity index (χ2n) is 9.27. The molecule has 0 radical (unpaired) electrons. The maximum absolute atomic E-state index is 12.5. The van der Waals surface area contributed by atoms with E-state index in [9.17, 15) is 9.59 Å². The number of nitrogens with one attached hydrogen (secondary N) is 1. The highest BCUT2D eigenvalue weighted by atomic mass is 16.2. The number of ketones is 1. The Morgan fingerprint density at radius 2 is 1.62 bits per heavy atom. The second kappa shape index (κ2) is 6.80. The van der Waals surface area contributed by atoms with Gasteiger partial charge in [-0.15, -0.1) is 0 Å². The molecule has 0 unspecified atom stereocenters. The molecule has 140 valence electrons. The Hall–Kier alpha value is -1.68. The minimum Gasteiger partial charge on any atom is -0.336 e. The summed E-state index contributed by atoms with van der Waals surface area (Å²) in [7, 11) is 0. The summed E-state index contributed by atoms with van der Waals surface area (Å²) < 4.78 is 0. The summed E-state index contributed by atoms with van der Waals surface area (Å²) in [5, 5.41) is 5.24. The number of rotatable bonds is 6. The normalized spacial score (nSPS) is 33.1. The highest BCUT2D eigenvalue weighted by molar-refractivity contribution is 5.96. The zero-order chi connectivity index (χ0) is 18.3. The van der Waals surface area contributed by atoms with Gasteiger partial charge in [0.05, 0.1) is 6.54 Å². The van der Waals surface area contributed by atoms with E-state index in [0.29, 0.717) is 11.0 Å². The number of amides is 1. The first-order chi connectivity index (χ1) is 12.4.